The zero-order valence-corrected chi connectivity index (χ0v) is 9.59. The first-order valence-electron chi connectivity index (χ1n) is 5.22. The average molecular weight is 224 g/mol. The summed E-state index contributed by atoms with van der Waals surface area (Å²) in [5, 5.41) is 2.67. The number of hydrogen-bond donors (Lipinski definition) is 2. The topological polar surface area (TPSA) is 55.1 Å². The highest BCUT2D eigenvalue weighted by atomic mass is 19.1. The van der Waals surface area contributed by atoms with Gasteiger partial charge in [0, 0.05) is 6.54 Å². The van der Waals surface area contributed by atoms with Crippen LogP contribution in [0.25, 0.3) is 0 Å². The van der Waals surface area contributed by atoms with E-state index in [2.05, 4.69) is 5.32 Å². The van der Waals surface area contributed by atoms with Crippen molar-refractivity contribution in [2.75, 3.05) is 6.54 Å². The second-order valence-electron chi connectivity index (χ2n) is 4.32. The minimum Gasteiger partial charge on any atom is -0.354 e. The molecule has 0 aliphatic rings. The Morgan fingerprint density at radius 3 is 2.62 bits per heavy atom. The number of nitrogens with two attached hydrogens (primary N) is 1. The second-order valence-corrected chi connectivity index (χ2v) is 4.32. The zero-order valence-electron chi connectivity index (χ0n) is 9.59. The molecule has 1 aromatic rings. The van der Waals surface area contributed by atoms with Crippen molar-refractivity contribution >= 4 is 5.91 Å². The average Bonchev–Trinajstić information content (AvgIpc) is 2.19. The number of halogens is 1. The van der Waals surface area contributed by atoms with Crippen LogP contribution in [-0.2, 0) is 11.2 Å². The molecule has 0 saturated carbocycles. The minimum absolute atomic E-state index is 0.233. The zero-order chi connectivity index (χ0) is 12.2. The molecule has 0 aliphatic heterocycles. The summed E-state index contributed by atoms with van der Waals surface area (Å²) in [6, 6.07) is 6.52. The van der Waals surface area contributed by atoms with Crippen LogP contribution in [-0.4, -0.2) is 18.0 Å². The third-order valence-corrected chi connectivity index (χ3v) is 2.22. The van der Waals surface area contributed by atoms with Crippen LogP contribution in [0.4, 0.5) is 4.39 Å². The summed E-state index contributed by atoms with van der Waals surface area (Å²) in [6.07, 6.45) is 0.467. The van der Waals surface area contributed by atoms with Crippen LogP contribution < -0.4 is 11.1 Å². The molecule has 88 valence electrons. The van der Waals surface area contributed by atoms with Crippen LogP contribution in [0.1, 0.15) is 19.4 Å². The Bertz CT molecular complexity index is 372. The van der Waals surface area contributed by atoms with Gasteiger partial charge in [-0.15, -0.1) is 0 Å². The fourth-order valence-corrected chi connectivity index (χ4v) is 1.24. The maximum atomic E-state index is 13.2. The summed E-state index contributed by atoms with van der Waals surface area (Å²) in [5.41, 5.74) is 5.30. The van der Waals surface area contributed by atoms with E-state index in [4.69, 9.17) is 5.73 Å². The lowest BCUT2D eigenvalue weighted by Gasteiger charge is -2.17. The summed E-state index contributed by atoms with van der Waals surface area (Å²) < 4.78 is 13.2. The van der Waals surface area contributed by atoms with Crippen molar-refractivity contribution in [3.8, 4) is 0 Å². The molecule has 0 atom stereocenters. The first-order valence-corrected chi connectivity index (χ1v) is 5.22. The molecule has 4 heteroatoms. The highest BCUT2D eigenvalue weighted by Gasteiger charge is 2.20. The number of rotatable bonds is 4. The van der Waals surface area contributed by atoms with Gasteiger partial charge in [-0.1, -0.05) is 18.2 Å². The van der Waals surface area contributed by atoms with Gasteiger partial charge in [0.15, 0.2) is 0 Å². The van der Waals surface area contributed by atoms with E-state index >= 15 is 0 Å². The highest BCUT2D eigenvalue weighted by Crippen LogP contribution is 2.06. The van der Waals surface area contributed by atoms with E-state index in [1.807, 2.05) is 0 Å². The molecule has 0 aromatic heterocycles. The Morgan fingerprint density at radius 2 is 2.06 bits per heavy atom. The Morgan fingerprint density at radius 1 is 1.44 bits per heavy atom. The molecule has 0 heterocycles. The molecule has 0 radical (unpaired) electrons. The number of carbonyl (C=O) groups is 1. The van der Waals surface area contributed by atoms with Gasteiger partial charge in [-0.25, -0.2) is 4.39 Å². The fraction of sp³-hybridized carbons (Fsp3) is 0.417. The maximum absolute atomic E-state index is 13.2. The third-order valence-electron chi connectivity index (χ3n) is 2.22. The van der Waals surface area contributed by atoms with Crippen LogP contribution in [0.15, 0.2) is 24.3 Å². The molecule has 16 heavy (non-hydrogen) atoms. The SMILES string of the molecule is CC(C)(N)C(=O)NCCc1ccccc1F. The van der Waals surface area contributed by atoms with Gasteiger partial charge >= 0.3 is 0 Å². The Hall–Kier alpha value is -1.42. The summed E-state index contributed by atoms with van der Waals surface area (Å²) >= 11 is 0. The van der Waals surface area contributed by atoms with Gasteiger partial charge in [0.1, 0.15) is 5.82 Å². The second kappa shape index (κ2) is 5.07. The fourth-order valence-electron chi connectivity index (χ4n) is 1.24. The van der Waals surface area contributed by atoms with E-state index in [9.17, 15) is 9.18 Å². The molecule has 0 saturated heterocycles. The van der Waals surface area contributed by atoms with E-state index < -0.39 is 5.54 Å². The summed E-state index contributed by atoms with van der Waals surface area (Å²) in [5.74, 6) is -0.479. The van der Waals surface area contributed by atoms with E-state index in [1.165, 1.54) is 6.07 Å². The van der Waals surface area contributed by atoms with E-state index in [-0.39, 0.29) is 11.7 Å². The molecule has 0 unspecified atom stereocenters. The summed E-state index contributed by atoms with van der Waals surface area (Å²) in [7, 11) is 0. The molecule has 0 aliphatic carbocycles. The number of amides is 1. The van der Waals surface area contributed by atoms with Gasteiger partial charge in [0.05, 0.1) is 5.54 Å². The van der Waals surface area contributed by atoms with Gasteiger partial charge < -0.3 is 11.1 Å². The van der Waals surface area contributed by atoms with E-state index in [0.717, 1.165) is 0 Å². The molecule has 1 rings (SSSR count). The van der Waals surface area contributed by atoms with Gasteiger partial charge in [-0.05, 0) is 31.9 Å². The summed E-state index contributed by atoms with van der Waals surface area (Å²) in [4.78, 5) is 11.4. The van der Waals surface area contributed by atoms with Crippen molar-refractivity contribution in [2.24, 2.45) is 5.73 Å². The molecular weight excluding hydrogens is 207 g/mol. The lowest BCUT2D eigenvalue weighted by Crippen LogP contribution is -2.49. The first-order chi connectivity index (χ1) is 7.41. The van der Waals surface area contributed by atoms with Crippen molar-refractivity contribution in [2.45, 2.75) is 25.8 Å². The van der Waals surface area contributed by atoms with Gasteiger partial charge in [-0.2, -0.15) is 0 Å². The predicted molar refractivity (Wildman–Crippen MR) is 61.4 cm³/mol. The number of nitrogens with one attached hydrogen (secondary N) is 1. The monoisotopic (exact) mass is 224 g/mol. The number of carbonyl (C=O) groups excluding carboxylic acids is 1. The number of benzene rings is 1. The Balaban J connectivity index is 2.43. The van der Waals surface area contributed by atoms with Crippen molar-refractivity contribution in [3.63, 3.8) is 0 Å². The molecule has 0 fully saturated rings. The molecule has 3 N–H and O–H groups in total. The molecule has 0 bridgehead atoms. The molecule has 0 spiro atoms. The minimum atomic E-state index is -0.894. The van der Waals surface area contributed by atoms with Crippen molar-refractivity contribution < 1.29 is 9.18 Å². The van der Waals surface area contributed by atoms with Crippen LogP contribution >= 0.6 is 0 Å². The Labute approximate surface area is 94.8 Å². The lowest BCUT2D eigenvalue weighted by molar-refractivity contribution is -0.125. The normalized spacial score (nSPS) is 11.2. The van der Waals surface area contributed by atoms with E-state index in [1.54, 1.807) is 32.0 Å². The largest absolute Gasteiger partial charge is 0.354 e. The molecular formula is C12H17FN2O. The third kappa shape index (κ3) is 3.62. The maximum Gasteiger partial charge on any atom is 0.239 e. The van der Waals surface area contributed by atoms with Gasteiger partial charge in [0.2, 0.25) is 5.91 Å². The highest BCUT2D eigenvalue weighted by molar-refractivity contribution is 5.84. The van der Waals surface area contributed by atoms with Gasteiger partial charge in [-0.3, -0.25) is 4.79 Å². The standard InChI is InChI=1S/C12H17FN2O/c1-12(2,14)11(16)15-8-7-9-5-3-4-6-10(9)13/h3-6H,7-8,14H2,1-2H3,(H,15,16). The quantitative estimate of drug-likeness (QED) is 0.808. The van der Waals surface area contributed by atoms with Crippen LogP contribution in [0.5, 0.6) is 0 Å². The summed E-state index contributed by atoms with van der Waals surface area (Å²) in [6.45, 7) is 3.65. The van der Waals surface area contributed by atoms with Crippen molar-refractivity contribution in [1.82, 2.24) is 5.32 Å². The van der Waals surface area contributed by atoms with Crippen molar-refractivity contribution in [1.29, 1.82) is 0 Å². The van der Waals surface area contributed by atoms with E-state index in [0.29, 0.717) is 18.5 Å². The van der Waals surface area contributed by atoms with Gasteiger partial charge in [0.25, 0.3) is 0 Å². The van der Waals surface area contributed by atoms with Crippen LogP contribution in [0, 0.1) is 5.82 Å². The van der Waals surface area contributed by atoms with Crippen molar-refractivity contribution in [3.05, 3.63) is 35.6 Å². The number of hydrogen-bond acceptors (Lipinski definition) is 2. The molecule has 1 amide bonds. The van der Waals surface area contributed by atoms with Crippen LogP contribution in [0.3, 0.4) is 0 Å². The molecule has 1 aromatic carbocycles. The smallest absolute Gasteiger partial charge is 0.239 e. The first kappa shape index (κ1) is 12.6. The van der Waals surface area contributed by atoms with Crippen LogP contribution in [0.2, 0.25) is 0 Å². The predicted octanol–water partition coefficient (Wildman–Crippen LogP) is 1.22. The lowest BCUT2D eigenvalue weighted by atomic mass is 10.1. The molecule has 3 nitrogen and oxygen atoms in total. The Kier molecular flexibility index (Phi) is 4.01.